The summed E-state index contributed by atoms with van der Waals surface area (Å²) in [4.78, 5) is 26.6. The molecule has 0 fully saturated rings. The largest absolute Gasteiger partial charge is 0.533 e. The number of rotatable bonds is 4. The van der Waals surface area contributed by atoms with Gasteiger partial charge in [0.1, 0.15) is 0 Å². The van der Waals surface area contributed by atoms with Crippen molar-refractivity contribution in [2.24, 2.45) is 5.73 Å². The first-order valence-corrected chi connectivity index (χ1v) is 6.19. The van der Waals surface area contributed by atoms with Crippen LogP contribution >= 0.6 is 11.3 Å². The molecule has 1 aromatic heterocycles. The van der Waals surface area contributed by atoms with Gasteiger partial charge in [0.05, 0.1) is 6.61 Å². The minimum atomic E-state index is -0.975. The zero-order valence-corrected chi connectivity index (χ0v) is 10.7. The Kier molecular flexibility index (Phi) is 5.72. The zero-order valence-electron chi connectivity index (χ0n) is 9.87. The van der Waals surface area contributed by atoms with Crippen molar-refractivity contribution in [1.82, 2.24) is 5.06 Å². The number of allylic oxidation sites excluding steroid dienone is 1. The van der Waals surface area contributed by atoms with Gasteiger partial charge in [-0.1, -0.05) is 6.08 Å². The molecule has 98 valence electrons. The second-order valence-corrected chi connectivity index (χ2v) is 3.94. The van der Waals surface area contributed by atoms with E-state index in [1.807, 2.05) is 16.8 Å². The van der Waals surface area contributed by atoms with Gasteiger partial charge in [-0.3, -0.25) is 4.84 Å². The van der Waals surface area contributed by atoms with E-state index in [2.05, 4.69) is 9.57 Å². The molecule has 0 spiro atoms. The van der Waals surface area contributed by atoms with Crippen molar-refractivity contribution in [3.05, 3.63) is 34.7 Å². The van der Waals surface area contributed by atoms with Crippen molar-refractivity contribution >= 4 is 23.5 Å². The molecule has 0 saturated heterocycles. The molecule has 0 radical (unpaired) electrons. The molecule has 1 aromatic rings. The first-order chi connectivity index (χ1) is 8.63. The van der Waals surface area contributed by atoms with Crippen molar-refractivity contribution in [3.8, 4) is 0 Å². The van der Waals surface area contributed by atoms with Crippen LogP contribution in [-0.2, 0) is 16.0 Å². The minimum Gasteiger partial charge on any atom is -0.433 e. The Labute approximate surface area is 109 Å². The van der Waals surface area contributed by atoms with Crippen molar-refractivity contribution in [2.45, 2.75) is 13.3 Å². The highest BCUT2D eigenvalue weighted by molar-refractivity contribution is 7.07. The van der Waals surface area contributed by atoms with Crippen molar-refractivity contribution in [2.75, 3.05) is 6.61 Å². The number of nitrogens with two attached hydrogens (primary N) is 1. The Balaban J connectivity index is 2.49. The van der Waals surface area contributed by atoms with E-state index in [9.17, 15) is 9.59 Å². The topological polar surface area (TPSA) is 81.9 Å². The summed E-state index contributed by atoms with van der Waals surface area (Å²) in [5.74, 6) is 0. The third kappa shape index (κ3) is 4.88. The fourth-order valence-electron chi connectivity index (χ4n) is 1.07. The standard InChI is InChI=1S/C11H14N2O4S/c1-2-16-11(15)17-13(10(12)14)6-3-4-9-5-7-18-8-9/h3,5-8H,2,4H2,1H3,(H2,12,14)/b6-3+. The van der Waals surface area contributed by atoms with E-state index in [1.165, 1.54) is 6.20 Å². The molecule has 2 N–H and O–H groups in total. The van der Waals surface area contributed by atoms with Crippen molar-refractivity contribution in [3.63, 3.8) is 0 Å². The van der Waals surface area contributed by atoms with Crippen LogP contribution in [0.4, 0.5) is 9.59 Å². The summed E-state index contributed by atoms with van der Waals surface area (Å²) in [6.45, 7) is 1.78. The van der Waals surface area contributed by atoms with E-state index >= 15 is 0 Å². The summed E-state index contributed by atoms with van der Waals surface area (Å²) in [6, 6.07) is 1.06. The first-order valence-electron chi connectivity index (χ1n) is 5.24. The number of carbonyl (C=O) groups excluding carboxylic acids is 2. The summed E-state index contributed by atoms with van der Waals surface area (Å²) < 4.78 is 4.53. The quantitative estimate of drug-likeness (QED) is 0.672. The number of primary amides is 1. The van der Waals surface area contributed by atoms with E-state index in [0.29, 0.717) is 11.5 Å². The van der Waals surface area contributed by atoms with Gasteiger partial charge in [-0.25, -0.2) is 9.59 Å². The lowest BCUT2D eigenvalue weighted by Gasteiger charge is -2.13. The summed E-state index contributed by atoms with van der Waals surface area (Å²) in [5, 5.41) is 4.56. The Morgan fingerprint density at radius 3 is 2.89 bits per heavy atom. The number of amides is 2. The molecule has 0 atom stereocenters. The SMILES string of the molecule is CCOC(=O)ON(/C=C/Cc1ccsc1)C(N)=O. The summed E-state index contributed by atoms with van der Waals surface area (Å²) >= 11 is 1.58. The fourth-order valence-corrected chi connectivity index (χ4v) is 1.75. The van der Waals surface area contributed by atoms with Crippen LogP contribution in [0.5, 0.6) is 0 Å². The lowest BCUT2D eigenvalue weighted by Crippen LogP contribution is -2.33. The maximum atomic E-state index is 11.0. The van der Waals surface area contributed by atoms with E-state index in [4.69, 9.17) is 5.73 Å². The second-order valence-electron chi connectivity index (χ2n) is 3.16. The average Bonchev–Trinajstić information content (AvgIpc) is 2.81. The number of carbonyl (C=O) groups is 2. The van der Waals surface area contributed by atoms with Gasteiger partial charge in [0.25, 0.3) is 0 Å². The smallest absolute Gasteiger partial charge is 0.433 e. The fraction of sp³-hybridized carbons (Fsp3) is 0.273. The highest BCUT2D eigenvalue weighted by Gasteiger charge is 2.13. The summed E-state index contributed by atoms with van der Waals surface area (Å²) in [7, 11) is 0. The van der Waals surface area contributed by atoms with Crippen LogP contribution in [0.2, 0.25) is 0 Å². The maximum absolute atomic E-state index is 11.0. The van der Waals surface area contributed by atoms with Gasteiger partial charge in [0.2, 0.25) is 0 Å². The van der Waals surface area contributed by atoms with Gasteiger partial charge in [-0.05, 0) is 35.7 Å². The van der Waals surface area contributed by atoms with Crippen LogP contribution in [0, 0.1) is 0 Å². The Hall–Kier alpha value is -2.02. The molecule has 6 nitrogen and oxygen atoms in total. The predicted octanol–water partition coefficient (Wildman–Crippen LogP) is 2.27. The molecule has 2 amide bonds. The molecule has 0 aliphatic heterocycles. The highest BCUT2D eigenvalue weighted by Crippen LogP contribution is 2.07. The van der Waals surface area contributed by atoms with Crippen LogP contribution in [0.15, 0.2) is 29.1 Å². The van der Waals surface area contributed by atoms with E-state index in [-0.39, 0.29) is 6.61 Å². The van der Waals surface area contributed by atoms with Crippen molar-refractivity contribution < 1.29 is 19.2 Å². The number of nitrogens with zero attached hydrogens (tertiary/aromatic N) is 1. The molecule has 0 unspecified atom stereocenters. The van der Waals surface area contributed by atoms with Crippen LogP contribution in [-0.4, -0.2) is 23.9 Å². The predicted molar refractivity (Wildman–Crippen MR) is 66.7 cm³/mol. The average molecular weight is 270 g/mol. The van der Waals surface area contributed by atoms with Gasteiger partial charge in [0, 0.05) is 6.20 Å². The molecule has 1 rings (SSSR count). The number of hydroxylamine groups is 2. The molecule has 0 aliphatic rings. The lowest BCUT2D eigenvalue weighted by molar-refractivity contribution is -0.0583. The number of hydrogen-bond acceptors (Lipinski definition) is 5. The first kappa shape index (κ1) is 14.0. The number of thiophene rings is 1. The number of ether oxygens (including phenoxy) is 1. The maximum Gasteiger partial charge on any atom is 0.533 e. The van der Waals surface area contributed by atoms with Gasteiger partial charge in [0.15, 0.2) is 0 Å². The molecular weight excluding hydrogens is 256 g/mol. The van der Waals surface area contributed by atoms with Crippen molar-refractivity contribution in [1.29, 1.82) is 0 Å². The van der Waals surface area contributed by atoms with E-state index < -0.39 is 12.2 Å². The van der Waals surface area contributed by atoms with Crippen LogP contribution in [0.3, 0.4) is 0 Å². The normalized spacial score (nSPS) is 10.3. The molecule has 0 aliphatic carbocycles. The third-order valence-electron chi connectivity index (χ3n) is 1.83. The number of hydrogen-bond donors (Lipinski definition) is 1. The monoisotopic (exact) mass is 270 g/mol. The lowest BCUT2D eigenvalue weighted by atomic mass is 10.2. The summed E-state index contributed by atoms with van der Waals surface area (Å²) in [5.41, 5.74) is 6.14. The van der Waals surface area contributed by atoms with Crippen LogP contribution in [0.1, 0.15) is 12.5 Å². The number of urea groups is 1. The Bertz CT molecular complexity index is 417. The molecule has 0 aromatic carbocycles. The molecule has 7 heteroatoms. The minimum absolute atomic E-state index is 0.157. The highest BCUT2D eigenvalue weighted by atomic mass is 32.1. The molecule has 1 heterocycles. The zero-order chi connectivity index (χ0) is 13.4. The van der Waals surface area contributed by atoms with Gasteiger partial charge in [-0.15, -0.1) is 5.06 Å². The Morgan fingerprint density at radius 2 is 2.33 bits per heavy atom. The van der Waals surface area contributed by atoms with E-state index in [0.717, 1.165) is 5.56 Å². The second kappa shape index (κ2) is 7.33. The van der Waals surface area contributed by atoms with Gasteiger partial charge < -0.3 is 10.5 Å². The molecular formula is C11H14N2O4S. The van der Waals surface area contributed by atoms with E-state index in [1.54, 1.807) is 24.3 Å². The van der Waals surface area contributed by atoms with Crippen LogP contribution < -0.4 is 5.73 Å². The Morgan fingerprint density at radius 1 is 1.56 bits per heavy atom. The van der Waals surface area contributed by atoms with Gasteiger partial charge >= 0.3 is 12.2 Å². The molecule has 18 heavy (non-hydrogen) atoms. The summed E-state index contributed by atoms with van der Waals surface area (Å²) in [6.07, 6.45) is 2.58. The van der Waals surface area contributed by atoms with Gasteiger partial charge in [-0.2, -0.15) is 11.3 Å². The third-order valence-corrected chi connectivity index (χ3v) is 2.56. The van der Waals surface area contributed by atoms with Crippen LogP contribution in [0.25, 0.3) is 0 Å². The molecule has 0 saturated carbocycles. The molecule has 0 bridgehead atoms.